The second-order valence-corrected chi connectivity index (χ2v) is 7.90. The van der Waals surface area contributed by atoms with Gasteiger partial charge in [0.2, 0.25) is 11.8 Å². The smallest absolute Gasteiger partial charge is 0.241 e. The summed E-state index contributed by atoms with van der Waals surface area (Å²) < 4.78 is 0. The van der Waals surface area contributed by atoms with E-state index in [9.17, 15) is 9.59 Å². The molecule has 1 saturated carbocycles. The van der Waals surface area contributed by atoms with Crippen molar-refractivity contribution in [2.75, 3.05) is 56.0 Å². The molecule has 2 amide bonds. The van der Waals surface area contributed by atoms with Crippen LogP contribution in [0.5, 0.6) is 0 Å². The first-order chi connectivity index (χ1) is 13.2. The summed E-state index contributed by atoms with van der Waals surface area (Å²) in [5.74, 6) is 0.665. The average Bonchev–Trinajstić information content (AvgIpc) is 3.58. The molecule has 0 atom stereocenters. The second-order valence-electron chi connectivity index (χ2n) is 7.90. The Hall–Kier alpha value is -2.24. The first kappa shape index (κ1) is 18.1. The lowest BCUT2D eigenvalue weighted by Gasteiger charge is -2.35. The molecule has 1 aromatic rings. The maximum atomic E-state index is 12.6. The predicted octanol–water partition coefficient (Wildman–Crippen LogP) is 2.17. The number of piperidine rings is 1. The van der Waals surface area contributed by atoms with E-state index in [4.69, 9.17) is 0 Å². The number of para-hydroxylation sites is 2. The third-order valence-electron chi connectivity index (χ3n) is 5.90. The number of hydrogen-bond acceptors (Lipinski definition) is 4. The van der Waals surface area contributed by atoms with Crippen LogP contribution in [0.15, 0.2) is 24.3 Å². The van der Waals surface area contributed by atoms with E-state index >= 15 is 0 Å². The van der Waals surface area contributed by atoms with Crippen LogP contribution < -0.4 is 10.2 Å². The number of piperazine rings is 1. The van der Waals surface area contributed by atoms with E-state index in [0.29, 0.717) is 32.7 Å². The van der Waals surface area contributed by atoms with Crippen LogP contribution in [-0.4, -0.2) is 67.4 Å². The fourth-order valence-corrected chi connectivity index (χ4v) is 4.08. The zero-order valence-corrected chi connectivity index (χ0v) is 16.0. The van der Waals surface area contributed by atoms with Gasteiger partial charge in [0.1, 0.15) is 0 Å². The first-order valence-corrected chi connectivity index (χ1v) is 10.4. The van der Waals surface area contributed by atoms with Crippen LogP contribution in [0.1, 0.15) is 32.1 Å². The fraction of sp³-hybridized carbons (Fsp3) is 0.619. The molecule has 1 N–H and O–H groups in total. The summed E-state index contributed by atoms with van der Waals surface area (Å²) in [6.45, 7) is 5.12. The molecule has 146 valence electrons. The molecule has 0 bridgehead atoms. The number of carbonyl (C=O) groups is 2. The largest absolute Gasteiger partial charge is 0.374 e. The summed E-state index contributed by atoms with van der Waals surface area (Å²) in [7, 11) is 0. The van der Waals surface area contributed by atoms with Crippen molar-refractivity contribution in [2.45, 2.75) is 32.1 Å². The van der Waals surface area contributed by atoms with E-state index in [1.54, 1.807) is 0 Å². The summed E-state index contributed by atoms with van der Waals surface area (Å²) in [6, 6.07) is 8.28. The molecular weight excluding hydrogens is 340 g/mol. The Bertz CT molecular complexity index is 675. The van der Waals surface area contributed by atoms with Gasteiger partial charge in [0.05, 0.1) is 17.9 Å². The topological polar surface area (TPSA) is 55.9 Å². The molecule has 2 aliphatic heterocycles. The Morgan fingerprint density at radius 1 is 0.889 bits per heavy atom. The van der Waals surface area contributed by atoms with Gasteiger partial charge in [0.25, 0.3) is 0 Å². The van der Waals surface area contributed by atoms with Gasteiger partial charge in [-0.25, -0.2) is 0 Å². The van der Waals surface area contributed by atoms with Gasteiger partial charge in [0.15, 0.2) is 0 Å². The van der Waals surface area contributed by atoms with Crippen molar-refractivity contribution in [1.29, 1.82) is 0 Å². The van der Waals surface area contributed by atoms with Gasteiger partial charge >= 0.3 is 0 Å². The van der Waals surface area contributed by atoms with E-state index < -0.39 is 0 Å². The summed E-state index contributed by atoms with van der Waals surface area (Å²) in [6.07, 6.45) is 5.85. The van der Waals surface area contributed by atoms with Crippen LogP contribution in [0, 0.1) is 5.92 Å². The Morgan fingerprint density at radius 2 is 1.56 bits per heavy atom. The molecule has 0 aromatic heterocycles. The number of amides is 2. The number of rotatable bonds is 5. The Morgan fingerprint density at radius 3 is 2.26 bits per heavy atom. The zero-order chi connectivity index (χ0) is 18.6. The zero-order valence-electron chi connectivity index (χ0n) is 16.0. The number of nitrogens with zero attached hydrogens (tertiary/aromatic N) is 3. The van der Waals surface area contributed by atoms with Crippen LogP contribution >= 0.6 is 0 Å². The van der Waals surface area contributed by atoms with E-state index in [1.165, 1.54) is 24.9 Å². The minimum Gasteiger partial charge on any atom is -0.374 e. The van der Waals surface area contributed by atoms with Crippen LogP contribution in [-0.2, 0) is 9.59 Å². The number of benzene rings is 1. The van der Waals surface area contributed by atoms with Gasteiger partial charge in [-0.3, -0.25) is 9.59 Å². The number of carbonyl (C=O) groups excluding carboxylic acids is 2. The third-order valence-corrected chi connectivity index (χ3v) is 5.90. The van der Waals surface area contributed by atoms with E-state index in [2.05, 4.69) is 28.4 Å². The Balaban J connectivity index is 1.29. The van der Waals surface area contributed by atoms with Gasteiger partial charge in [-0.05, 0) is 44.2 Å². The lowest BCUT2D eigenvalue weighted by atomic mass is 10.1. The van der Waals surface area contributed by atoms with Crippen molar-refractivity contribution in [1.82, 2.24) is 9.80 Å². The highest BCUT2D eigenvalue weighted by Gasteiger charge is 2.35. The minimum atomic E-state index is 0.113. The number of nitrogens with one attached hydrogen (secondary N) is 1. The van der Waals surface area contributed by atoms with Gasteiger partial charge < -0.3 is 20.0 Å². The predicted molar refractivity (Wildman–Crippen MR) is 107 cm³/mol. The Kier molecular flexibility index (Phi) is 5.50. The molecule has 0 radical (unpaired) electrons. The monoisotopic (exact) mass is 370 g/mol. The summed E-state index contributed by atoms with van der Waals surface area (Å²) in [5, 5.41) is 3.36. The molecule has 3 aliphatic rings. The summed E-state index contributed by atoms with van der Waals surface area (Å²) in [5.41, 5.74) is 2.24. The highest BCUT2D eigenvalue weighted by atomic mass is 16.2. The average molecular weight is 370 g/mol. The van der Waals surface area contributed by atoms with Crippen molar-refractivity contribution in [3.63, 3.8) is 0 Å². The quantitative estimate of drug-likeness (QED) is 0.863. The molecule has 4 rings (SSSR count). The van der Waals surface area contributed by atoms with Crippen molar-refractivity contribution in [2.24, 2.45) is 5.92 Å². The molecule has 0 unspecified atom stereocenters. The van der Waals surface area contributed by atoms with Crippen molar-refractivity contribution in [3.8, 4) is 0 Å². The number of anilines is 2. The highest BCUT2D eigenvalue weighted by molar-refractivity contribution is 5.84. The molecule has 1 aromatic carbocycles. The third kappa shape index (κ3) is 4.37. The fourth-order valence-electron chi connectivity index (χ4n) is 4.08. The lowest BCUT2D eigenvalue weighted by molar-refractivity contribution is -0.139. The molecule has 6 nitrogen and oxygen atoms in total. The van der Waals surface area contributed by atoms with E-state index in [0.717, 1.165) is 31.6 Å². The van der Waals surface area contributed by atoms with Crippen LogP contribution in [0.4, 0.5) is 11.4 Å². The molecule has 3 fully saturated rings. The van der Waals surface area contributed by atoms with Crippen LogP contribution in [0.3, 0.4) is 0 Å². The van der Waals surface area contributed by atoms with E-state index in [1.807, 2.05) is 15.9 Å². The molecule has 0 spiro atoms. The van der Waals surface area contributed by atoms with Crippen molar-refractivity contribution < 1.29 is 9.59 Å². The summed E-state index contributed by atoms with van der Waals surface area (Å²) in [4.78, 5) is 31.0. The highest BCUT2D eigenvalue weighted by Crippen LogP contribution is 2.31. The molecule has 2 heterocycles. The second kappa shape index (κ2) is 8.19. The molecule has 6 heteroatoms. The maximum Gasteiger partial charge on any atom is 0.241 e. The van der Waals surface area contributed by atoms with Gasteiger partial charge in [-0.15, -0.1) is 0 Å². The van der Waals surface area contributed by atoms with Crippen LogP contribution in [0.2, 0.25) is 0 Å². The Labute approximate surface area is 161 Å². The van der Waals surface area contributed by atoms with E-state index in [-0.39, 0.29) is 17.7 Å². The van der Waals surface area contributed by atoms with Crippen molar-refractivity contribution in [3.05, 3.63) is 24.3 Å². The van der Waals surface area contributed by atoms with Gasteiger partial charge in [-0.2, -0.15) is 0 Å². The van der Waals surface area contributed by atoms with Crippen LogP contribution in [0.25, 0.3) is 0 Å². The lowest BCUT2D eigenvalue weighted by Crippen LogP contribution is -2.52. The maximum absolute atomic E-state index is 12.6. The molecule has 2 saturated heterocycles. The molecule has 27 heavy (non-hydrogen) atoms. The first-order valence-electron chi connectivity index (χ1n) is 10.4. The van der Waals surface area contributed by atoms with Crippen molar-refractivity contribution >= 4 is 23.2 Å². The van der Waals surface area contributed by atoms with Gasteiger partial charge in [0, 0.05) is 45.2 Å². The molecular formula is C21H30N4O2. The molecule has 1 aliphatic carbocycles. The normalized spacial score (nSPS) is 20.5. The summed E-state index contributed by atoms with van der Waals surface area (Å²) >= 11 is 0. The van der Waals surface area contributed by atoms with Gasteiger partial charge in [-0.1, -0.05) is 12.1 Å². The number of hydrogen-bond donors (Lipinski definition) is 1. The standard InChI is InChI=1S/C21H30N4O2/c26-20(24-12-14-25(15-13-24)21(27)17-8-9-17)16-22-18-6-2-3-7-19(18)23-10-4-1-5-11-23/h2-3,6-7,17,22H,1,4-5,8-16H2. The minimum absolute atomic E-state index is 0.113. The SMILES string of the molecule is O=C(CNc1ccccc1N1CCCCC1)N1CCN(C(=O)C2CC2)CC1.